The van der Waals surface area contributed by atoms with Gasteiger partial charge >= 0.3 is 0 Å². The number of rotatable bonds is 7. The first-order valence-electron chi connectivity index (χ1n) is 9.32. The predicted octanol–water partition coefficient (Wildman–Crippen LogP) is 3.50. The van der Waals surface area contributed by atoms with Gasteiger partial charge in [-0.05, 0) is 52.1 Å². The molecule has 25 heavy (non-hydrogen) atoms. The van der Waals surface area contributed by atoms with Gasteiger partial charge in [0.1, 0.15) is 5.01 Å². The van der Waals surface area contributed by atoms with Crippen LogP contribution in [0.3, 0.4) is 0 Å². The van der Waals surface area contributed by atoms with Gasteiger partial charge in [0.15, 0.2) is 5.96 Å². The van der Waals surface area contributed by atoms with Gasteiger partial charge in [-0.3, -0.25) is 4.90 Å². The molecule has 7 heteroatoms. The Bertz CT molecular complexity index is 511. The van der Waals surface area contributed by atoms with E-state index in [4.69, 9.17) is 0 Å². The first kappa shape index (κ1) is 22.6. The van der Waals surface area contributed by atoms with Gasteiger partial charge in [-0.1, -0.05) is 13.8 Å². The lowest BCUT2D eigenvalue weighted by Gasteiger charge is -2.35. The van der Waals surface area contributed by atoms with Gasteiger partial charge < -0.3 is 10.6 Å². The van der Waals surface area contributed by atoms with Crippen molar-refractivity contribution in [2.75, 3.05) is 26.2 Å². The molecule has 0 bridgehead atoms. The number of nitrogens with one attached hydrogen (secondary N) is 2. The van der Waals surface area contributed by atoms with Gasteiger partial charge in [0.25, 0.3) is 0 Å². The zero-order valence-electron chi connectivity index (χ0n) is 16.0. The zero-order valence-corrected chi connectivity index (χ0v) is 19.2. The van der Waals surface area contributed by atoms with Gasteiger partial charge in [-0.15, -0.1) is 35.3 Å². The van der Waals surface area contributed by atoms with E-state index in [-0.39, 0.29) is 24.0 Å². The minimum Gasteiger partial charge on any atom is -0.357 e. The van der Waals surface area contributed by atoms with Crippen molar-refractivity contribution in [3.8, 4) is 0 Å². The highest BCUT2D eigenvalue weighted by Gasteiger charge is 2.20. The number of piperidine rings is 1. The Morgan fingerprint density at radius 1 is 1.36 bits per heavy atom. The van der Waals surface area contributed by atoms with Crippen molar-refractivity contribution < 1.29 is 0 Å². The monoisotopic (exact) mass is 479 g/mol. The molecule has 0 aliphatic carbocycles. The molecule has 144 valence electrons. The molecular weight excluding hydrogens is 445 g/mol. The van der Waals surface area contributed by atoms with E-state index in [2.05, 4.69) is 53.2 Å². The van der Waals surface area contributed by atoms with Crippen LogP contribution in [0, 0.1) is 5.92 Å². The maximum Gasteiger partial charge on any atom is 0.191 e. The molecule has 1 saturated heterocycles. The van der Waals surface area contributed by atoms with Gasteiger partial charge in [-0.25, -0.2) is 9.98 Å². The standard InChI is InChI=1S/C18H33N5S.HI/c1-5-16-12-20-17(24-16)13-22-18(19-6-2)21-11-15(4)23-9-7-14(3)8-10-23;/h12,14-15H,5-11,13H2,1-4H3,(H2,19,21,22);1H. The first-order valence-corrected chi connectivity index (χ1v) is 10.1. The van der Waals surface area contributed by atoms with Crippen LogP contribution in [0.15, 0.2) is 11.2 Å². The van der Waals surface area contributed by atoms with Crippen LogP contribution in [0.25, 0.3) is 0 Å². The topological polar surface area (TPSA) is 52.6 Å². The fourth-order valence-corrected chi connectivity index (χ4v) is 3.70. The third-order valence-corrected chi connectivity index (χ3v) is 5.80. The second-order valence-electron chi connectivity index (χ2n) is 6.72. The SMILES string of the molecule is CCNC(=NCc1ncc(CC)s1)NCC(C)N1CCC(C)CC1.I. The summed E-state index contributed by atoms with van der Waals surface area (Å²) >= 11 is 1.76. The van der Waals surface area contributed by atoms with Crippen LogP contribution in [0.2, 0.25) is 0 Å². The second-order valence-corrected chi connectivity index (χ2v) is 7.92. The van der Waals surface area contributed by atoms with Crippen LogP contribution in [0.5, 0.6) is 0 Å². The van der Waals surface area contributed by atoms with E-state index in [1.54, 1.807) is 11.3 Å². The number of halogens is 1. The quantitative estimate of drug-likeness (QED) is 0.357. The van der Waals surface area contributed by atoms with E-state index >= 15 is 0 Å². The van der Waals surface area contributed by atoms with E-state index in [0.717, 1.165) is 36.4 Å². The van der Waals surface area contributed by atoms with E-state index in [1.807, 2.05) is 6.20 Å². The van der Waals surface area contributed by atoms with Crippen molar-refractivity contribution in [2.24, 2.45) is 10.9 Å². The lowest BCUT2D eigenvalue weighted by Crippen LogP contribution is -2.48. The van der Waals surface area contributed by atoms with Crippen molar-refractivity contribution in [3.05, 3.63) is 16.1 Å². The summed E-state index contributed by atoms with van der Waals surface area (Å²) in [6.45, 7) is 13.8. The average molecular weight is 479 g/mol. The molecule has 2 rings (SSSR count). The Morgan fingerprint density at radius 3 is 2.68 bits per heavy atom. The van der Waals surface area contributed by atoms with Gasteiger partial charge in [0.05, 0.1) is 6.54 Å². The number of guanidine groups is 1. The predicted molar refractivity (Wildman–Crippen MR) is 119 cm³/mol. The number of hydrogen-bond acceptors (Lipinski definition) is 4. The smallest absolute Gasteiger partial charge is 0.191 e. The highest BCUT2D eigenvalue weighted by atomic mass is 127. The summed E-state index contributed by atoms with van der Waals surface area (Å²) in [4.78, 5) is 13.0. The molecular formula is C18H34IN5S. The molecule has 0 radical (unpaired) electrons. The van der Waals surface area contributed by atoms with Crippen LogP contribution in [0.1, 0.15) is 50.4 Å². The largest absolute Gasteiger partial charge is 0.357 e. The third-order valence-electron chi connectivity index (χ3n) is 4.67. The molecule has 5 nitrogen and oxygen atoms in total. The highest BCUT2D eigenvalue weighted by Crippen LogP contribution is 2.17. The molecule has 1 fully saturated rings. The maximum absolute atomic E-state index is 4.68. The number of likely N-dealkylation sites (tertiary alicyclic amines) is 1. The minimum absolute atomic E-state index is 0. The molecule has 2 heterocycles. The summed E-state index contributed by atoms with van der Waals surface area (Å²) in [6, 6.07) is 0.535. The van der Waals surface area contributed by atoms with Crippen molar-refractivity contribution >= 4 is 41.3 Å². The number of nitrogens with zero attached hydrogens (tertiary/aromatic N) is 3. The number of hydrogen-bond donors (Lipinski definition) is 2. The summed E-state index contributed by atoms with van der Waals surface area (Å²) in [6.07, 6.45) is 5.66. The number of thiazole rings is 1. The lowest BCUT2D eigenvalue weighted by atomic mass is 9.98. The molecule has 1 aromatic heterocycles. The van der Waals surface area contributed by atoms with Gasteiger partial charge in [-0.2, -0.15) is 0 Å². The Labute approximate surface area is 174 Å². The van der Waals surface area contributed by atoms with Crippen molar-refractivity contribution in [1.29, 1.82) is 0 Å². The molecule has 0 amide bonds. The summed E-state index contributed by atoms with van der Waals surface area (Å²) in [7, 11) is 0. The van der Waals surface area contributed by atoms with Crippen LogP contribution in [-0.2, 0) is 13.0 Å². The molecule has 1 aromatic rings. The van der Waals surface area contributed by atoms with Crippen molar-refractivity contribution in [1.82, 2.24) is 20.5 Å². The Kier molecular flexibility index (Phi) is 10.9. The van der Waals surface area contributed by atoms with E-state index in [0.29, 0.717) is 12.6 Å². The summed E-state index contributed by atoms with van der Waals surface area (Å²) in [5, 5.41) is 7.92. The number of aromatic nitrogens is 1. The average Bonchev–Trinajstić information content (AvgIpc) is 3.06. The summed E-state index contributed by atoms with van der Waals surface area (Å²) in [5.41, 5.74) is 0. The zero-order chi connectivity index (χ0) is 17.4. The molecule has 0 aromatic carbocycles. The van der Waals surface area contributed by atoms with Crippen molar-refractivity contribution in [3.63, 3.8) is 0 Å². The normalized spacial score (nSPS) is 17.8. The Balaban J connectivity index is 0.00000312. The van der Waals surface area contributed by atoms with E-state index < -0.39 is 0 Å². The fraction of sp³-hybridized carbons (Fsp3) is 0.778. The summed E-state index contributed by atoms with van der Waals surface area (Å²) < 4.78 is 0. The molecule has 0 spiro atoms. The van der Waals surface area contributed by atoms with Gasteiger partial charge in [0, 0.05) is 30.2 Å². The first-order chi connectivity index (χ1) is 11.6. The maximum atomic E-state index is 4.68. The molecule has 1 aliphatic heterocycles. The number of aryl methyl sites for hydroxylation is 1. The second kappa shape index (κ2) is 12.1. The fourth-order valence-electron chi connectivity index (χ4n) is 2.92. The molecule has 1 atom stereocenters. The molecule has 1 aliphatic rings. The molecule has 0 saturated carbocycles. The van der Waals surface area contributed by atoms with E-state index in [1.165, 1.54) is 30.8 Å². The van der Waals surface area contributed by atoms with E-state index in [9.17, 15) is 0 Å². The van der Waals surface area contributed by atoms with Crippen LogP contribution < -0.4 is 10.6 Å². The lowest BCUT2D eigenvalue weighted by molar-refractivity contribution is 0.147. The highest BCUT2D eigenvalue weighted by molar-refractivity contribution is 14.0. The minimum atomic E-state index is 0. The van der Waals surface area contributed by atoms with Crippen LogP contribution in [0.4, 0.5) is 0 Å². The Morgan fingerprint density at radius 2 is 2.08 bits per heavy atom. The Hall–Kier alpha value is -0.410. The molecule has 2 N–H and O–H groups in total. The van der Waals surface area contributed by atoms with Gasteiger partial charge in [0.2, 0.25) is 0 Å². The molecule has 1 unspecified atom stereocenters. The van der Waals surface area contributed by atoms with Crippen molar-refractivity contribution in [2.45, 2.75) is 59.5 Å². The third kappa shape index (κ3) is 7.78. The van der Waals surface area contributed by atoms with Crippen LogP contribution >= 0.6 is 35.3 Å². The van der Waals surface area contributed by atoms with Crippen LogP contribution in [-0.4, -0.2) is 48.1 Å². The summed E-state index contributed by atoms with van der Waals surface area (Å²) in [5.74, 6) is 1.77. The number of aliphatic imine (C=N–C) groups is 1.